The number of aryl methyl sites for hydroxylation is 1. The molecule has 0 saturated carbocycles. The fraction of sp³-hybridized carbons (Fsp3) is 0.533. The van der Waals surface area contributed by atoms with Crippen LogP contribution >= 0.6 is 24.0 Å². The topological polar surface area (TPSA) is 101 Å². The van der Waals surface area contributed by atoms with Crippen molar-refractivity contribution in [1.29, 1.82) is 0 Å². The largest absolute Gasteiger partial charge is 0.370 e. The molecule has 0 unspecified atom stereocenters. The number of hydrogen-bond donors (Lipinski definition) is 1. The van der Waals surface area contributed by atoms with E-state index in [0.29, 0.717) is 12.5 Å². The number of fused-ring (bicyclic) bond motifs is 1. The van der Waals surface area contributed by atoms with Crippen molar-refractivity contribution in [3.8, 4) is 0 Å². The summed E-state index contributed by atoms with van der Waals surface area (Å²) in [5.41, 5.74) is 6.16. The summed E-state index contributed by atoms with van der Waals surface area (Å²) < 4.78 is 2.15. The van der Waals surface area contributed by atoms with Crippen LogP contribution in [0.15, 0.2) is 23.5 Å². The molecule has 2 aliphatic heterocycles. The molecule has 10 heteroatoms. The lowest BCUT2D eigenvalue weighted by atomic mass is 10.3. The third-order valence-electron chi connectivity index (χ3n) is 4.51. The van der Waals surface area contributed by atoms with Crippen molar-refractivity contribution in [1.82, 2.24) is 29.6 Å². The maximum Gasteiger partial charge on any atom is 0.225 e. The standard InChI is InChI=1S/C15H21N9.HI/c16-14(19-11-13-21-20-12-3-1-6-24(12)13)22-7-9-23(10-8-22)15-17-4-2-5-18-15;/h2,4-5H,1,3,6-11H2,(H2,16,19);1H. The summed E-state index contributed by atoms with van der Waals surface area (Å²) in [5.74, 6) is 3.31. The van der Waals surface area contributed by atoms with Crippen LogP contribution in [0.4, 0.5) is 5.95 Å². The predicted molar refractivity (Wildman–Crippen MR) is 105 cm³/mol. The number of halogens is 1. The first-order valence-electron chi connectivity index (χ1n) is 8.29. The molecule has 4 heterocycles. The predicted octanol–water partition coefficient (Wildman–Crippen LogP) is 0.269. The van der Waals surface area contributed by atoms with Crippen molar-refractivity contribution in [2.75, 3.05) is 31.1 Å². The van der Waals surface area contributed by atoms with Gasteiger partial charge in [-0.1, -0.05) is 0 Å². The Morgan fingerprint density at radius 3 is 2.60 bits per heavy atom. The fourth-order valence-electron chi connectivity index (χ4n) is 3.17. The first-order chi connectivity index (χ1) is 11.8. The second kappa shape index (κ2) is 7.93. The Morgan fingerprint density at radius 1 is 1.08 bits per heavy atom. The van der Waals surface area contributed by atoms with Gasteiger partial charge in [-0.05, 0) is 12.5 Å². The zero-order valence-electron chi connectivity index (χ0n) is 14.0. The van der Waals surface area contributed by atoms with Crippen LogP contribution in [0.3, 0.4) is 0 Å². The lowest BCUT2D eigenvalue weighted by molar-refractivity contribution is 0.378. The minimum Gasteiger partial charge on any atom is -0.370 e. The summed E-state index contributed by atoms with van der Waals surface area (Å²) in [5, 5.41) is 8.41. The molecule has 0 aromatic carbocycles. The molecule has 4 rings (SSSR count). The van der Waals surface area contributed by atoms with E-state index in [4.69, 9.17) is 5.73 Å². The Morgan fingerprint density at radius 2 is 1.84 bits per heavy atom. The molecule has 134 valence electrons. The third kappa shape index (κ3) is 3.83. The second-order valence-corrected chi connectivity index (χ2v) is 5.98. The monoisotopic (exact) mass is 455 g/mol. The molecular weight excluding hydrogens is 433 g/mol. The average Bonchev–Trinajstić information content (AvgIpc) is 3.25. The molecule has 0 bridgehead atoms. The van der Waals surface area contributed by atoms with Crippen LogP contribution < -0.4 is 10.6 Å². The van der Waals surface area contributed by atoms with Gasteiger partial charge in [0.25, 0.3) is 0 Å². The first-order valence-corrected chi connectivity index (χ1v) is 8.29. The van der Waals surface area contributed by atoms with Gasteiger partial charge < -0.3 is 20.1 Å². The normalized spacial score (nSPS) is 17.4. The van der Waals surface area contributed by atoms with Gasteiger partial charge in [-0.2, -0.15) is 0 Å². The molecule has 25 heavy (non-hydrogen) atoms. The molecule has 2 aromatic heterocycles. The van der Waals surface area contributed by atoms with E-state index in [9.17, 15) is 0 Å². The smallest absolute Gasteiger partial charge is 0.225 e. The van der Waals surface area contributed by atoms with Gasteiger partial charge in [0.15, 0.2) is 11.8 Å². The van der Waals surface area contributed by atoms with Crippen LogP contribution in [0.5, 0.6) is 0 Å². The molecule has 2 aliphatic rings. The van der Waals surface area contributed by atoms with Crippen molar-refractivity contribution >= 4 is 35.9 Å². The van der Waals surface area contributed by atoms with Gasteiger partial charge in [0.2, 0.25) is 5.95 Å². The summed E-state index contributed by atoms with van der Waals surface area (Å²) >= 11 is 0. The maximum absolute atomic E-state index is 6.16. The van der Waals surface area contributed by atoms with Crippen molar-refractivity contribution in [2.24, 2.45) is 10.7 Å². The average molecular weight is 455 g/mol. The zero-order valence-corrected chi connectivity index (χ0v) is 16.3. The first kappa shape index (κ1) is 17.8. The van der Waals surface area contributed by atoms with Crippen LogP contribution in [0.25, 0.3) is 0 Å². The van der Waals surface area contributed by atoms with E-state index in [2.05, 4.69) is 39.5 Å². The van der Waals surface area contributed by atoms with E-state index < -0.39 is 0 Å². The van der Waals surface area contributed by atoms with Crippen molar-refractivity contribution < 1.29 is 0 Å². The van der Waals surface area contributed by atoms with Crippen molar-refractivity contribution in [3.05, 3.63) is 30.1 Å². The highest BCUT2D eigenvalue weighted by atomic mass is 127. The van der Waals surface area contributed by atoms with Crippen LogP contribution in [0, 0.1) is 0 Å². The number of piperazine rings is 1. The Balaban J connectivity index is 0.00000182. The zero-order chi connectivity index (χ0) is 16.4. The number of guanidine groups is 1. The Hall–Kier alpha value is -1.98. The second-order valence-electron chi connectivity index (χ2n) is 5.98. The van der Waals surface area contributed by atoms with E-state index in [0.717, 1.165) is 63.2 Å². The number of rotatable bonds is 3. The lowest BCUT2D eigenvalue weighted by Gasteiger charge is -2.35. The summed E-state index contributed by atoms with van der Waals surface area (Å²) in [6.07, 6.45) is 5.68. The van der Waals surface area contributed by atoms with Crippen LogP contribution in [-0.4, -0.2) is 61.8 Å². The highest BCUT2D eigenvalue weighted by Crippen LogP contribution is 2.15. The lowest BCUT2D eigenvalue weighted by Crippen LogP contribution is -2.51. The molecular formula is C15H22IN9. The Labute approximate surface area is 163 Å². The molecule has 0 spiro atoms. The van der Waals surface area contributed by atoms with Crippen molar-refractivity contribution in [3.63, 3.8) is 0 Å². The van der Waals surface area contributed by atoms with Gasteiger partial charge in [-0.15, -0.1) is 34.2 Å². The number of anilines is 1. The van der Waals surface area contributed by atoms with Gasteiger partial charge in [-0.25, -0.2) is 15.0 Å². The number of aliphatic imine (C=N–C) groups is 1. The van der Waals surface area contributed by atoms with Crippen LogP contribution in [-0.2, 0) is 19.5 Å². The molecule has 2 aromatic rings. The fourth-order valence-corrected chi connectivity index (χ4v) is 3.17. The Kier molecular flexibility index (Phi) is 5.66. The Bertz CT molecular complexity index is 722. The number of nitrogens with two attached hydrogens (primary N) is 1. The number of hydrogen-bond acceptors (Lipinski definition) is 6. The van der Waals surface area contributed by atoms with E-state index in [-0.39, 0.29) is 24.0 Å². The molecule has 0 aliphatic carbocycles. The van der Waals surface area contributed by atoms with Gasteiger partial charge in [0, 0.05) is 51.5 Å². The SMILES string of the molecule is I.NC(=NCc1nnc2n1CCC2)N1CCN(c2ncccn2)CC1. The molecule has 0 atom stereocenters. The molecule has 1 fully saturated rings. The summed E-state index contributed by atoms with van der Waals surface area (Å²) in [6, 6.07) is 1.83. The van der Waals surface area contributed by atoms with Crippen LogP contribution in [0.1, 0.15) is 18.1 Å². The highest BCUT2D eigenvalue weighted by molar-refractivity contribution is 14.0. The number of aromatic nitrogens is 5. The molecule has 0 radical (unpaired) electrons. The summed E-state index contributed by atoms with van der Waals surface area (Å²) in [6.45, 7) is 4.77. The third-order valence-corrected chi connectivity index (χ3v) is 4.51. The van der Waals surface area contributed by atoms with Gasteiger partial charge in [0.05, 0.1) is 0 Å². The van der Waals surface area contributed by atoms with E-state index in [1.54, 1.807) is 12.4 Å². The van der Waals surface area contributed by atoms with Gasteiger partial charge in [0.1, 0.15) is 12.4 Å². The van der Waals surface area contributed by atoms with E-state index in [1.165, 1.54) is 0 Å². The summed E-state index contributed by atoms with van der Waals surface area (Å²) in [4.78, 5) is 17.4. The van der Waals surface area contributed by atoms with Crippen LogP contribution in [0.2, 0.25) is 0 Å². The van der Waals surface area contributed by atoms with Gasteiger partial charge in [-0.3, -0.25) is 0 Å². The van der Waals surface area contributed by atoms with E-state index in [1.807, 2.05) is 6.07 Å². The molecule has 1 saturated heterocycles. The molecule has 9 nitrogen and oxygen atoms in total. The minimum atomic E-state index is 0. The minimum absolute atomic E-state index is 0. The summed E-state index contributed by atoms with van der Waals surface area (Å²) in [7, 11) is 0. The highest BCUT2D eigenvalue weighted by Gasteiger charge is 2.21. The maximum atomic E-state index is 6.16. The quantitative estimate of drug-likeness (QED) is 0.403. The molecule has 0 amide bonds. The number of nitrogens with zero attached hydrogens (tertiary/aromatic N) is 8. The van der Waals surface area contributed by atoms with Gasteiger partial charge >= 0.3 is 0 Å². The van der Waals surface area contributed by atoms with E-state index >= 15 is 0 Å². The molecule has 2 N–H and O–H groups in total. The van der Waals surface area contributed by atoms with Crippen molar-refractivity contribution in [2.45, 2.75) is 25.9 Å².